The SMILES string of the molecule is O=C1N(c2cn(-c3ccccc3)nc2-c2ccc(F)cc2)c2ccccc2C12OCCO2. The predicted molar refractivity (Wildman–Crippen MR) is 116 cm³/mol. The zero-order chi connectivity index (χ0) is 21.7. The minimum atomic E-state index is -1.45. The Balaban J connectivity index is 1.57. The Bertz CT molecular complexity index is 1310. The molecule has 0 bridgehead atoms. The molecule has 6 nitrogen and oxygen atoms in total. The van der Waals surface area contributed by atoms with Crippen LogP contribution in [-0.4, -0.2) is 28.9 Å². The normalized spacial score (nSPS) is 16.7. The summed E-state index contributed by atoms with van der Waals surface area (Å²) in [5, 5.41) is 4.77. The van der Waals surface area contributed by atoms with Crippen LogP contribution in [0, 0.1) is 5.82 Å². The largest absolute Gasteiger partial charge is 0.336 e. The number of fused-ring (bicyclic) bond motifs is 2. The van der Waals surface area contributed by atoms with E-state index in [0.717, 1.165) is 5.69 Å². The zero-order valence-corrected chi connectivity index (χ0v) is 16.9. The van der Waals surface area contributed by atoms with Crippen molar-refractivity contribution in [1.29, 1.82) is 0 Å². The van der Waals surface area contributed by atoms with Crippen molar-refractivity contribution in [1.82, 2.24) is 9.78 Å². The van der Waals surface area contributed by atoms with Crippen LogP contribution in [0.25, 0.3) is 16.9 Å². The number of amides is 1. The van der Waals surface area contributed by atoms with Gasteiger partial charge in [0.25, 0.3) is 11.7 Å². The van der Waals surface area contributed by atoms with Gasteiger partial charge >= 0.3 is 0 Å². The molecule has 0 unspecified atom stereocenters. The van der Waals surface area contributed by atoms with Crippen molar-refractivity contribution in [2.45, 2.75) is 5.79 Å². The molecule has 1 amide bonds. The van der Waals surface area contributed by atoms with Gasteiger partial charge in [-0.25, -0.2) is 9.07 Å². The number of hydrogen-bond donors (Lipinski definition) is 0. The first kappa shape index (κ1) is 18.9. The molecule has 4 aromatic rings. The molecule has 3 aromatic carbocycles. The smallest absolute Gasteiger partial charge is 0.297 e. The van der Waals surface area contributed by atoms with E-state index in [9.17, 15) is 9.18 Å². The molecule has 0 aliphatic carbocycles. The quantitative estimate of drug-likeness (QED) is 0.481. The number of halogens is 1. The summed E-state index contributed by atoms with van der Waals surface area (Å²) in [5.74, 6) is -2.12. The van der Waals surface area contributed by atoms with E-state index in [2.05, 4.69) is 0 Å². The minimum absolute atomic E-state index is 0.327. The number of aromatic nitrogens is 2. The van der Waals surface area contributed by atoms with Crippen molar-refractivity contribution in [2.24, 2.45) is 0 Å². The number of benzene rings is 3. The molecule has 6 rings (SSSR count). The van der Waals surface area contributed by atoms with Gasteiger partial charge in [0.1, 0.15) is 11.5 Å². The molecular formula is C25H18FN3O3. The maximum absolute atomic E-state index is 13.7. The van der Waals surface area contributed by atoms with E-state index < -0.39 is 5.79 Å². The van der Waals surface area contributed by atoms with Crippen molar-refractivity contribution in [3.05, 3.63) is 96.4 Å². The van der Waals surface area contributed by atoms with E-state index >= 15 is 0 Å². The molecule has 0 saturated carbocycles. The van der Waals surface area contributed by atoms with Crippen LogP contribution in [0.5, 0.6) is 0 Å². The molecule has 32 heavy (non-hydrogen) atoms. The second-order valence-electron chi connectivity index (χ2n) is 7.62. The molecule has 0 atom stereocenters. The Morgan fingerprint density at radius 1 is 0.844 bits per heavy atom. The van der Waals surface area contributed by atoms with Gasteiger partial charge in [0.15, 0.2) is 0 Å². The number of carbonyl (C=O) groups is 1. The van der Waals surface area contributed by atoms with Gasteiger partial charge in [0, 0.05) is 11.1 Å². The van der Waals surface area contributed by atoms with E-state index in [-0.39, 0.29) is 11.7 Å². The van der Waals surface area contributed by atoms with Gasteiger partial charge in [0.05, 0.1) is 36.5 Å². The van der Waals surface area contributed by atoms with Crippen LogP contribution in [0.4, 0.5) is 15.8 Å². The molecule has 0 radical (unpaired) electrons. The number of carbonyl (C=O) groups excluding carboxylic acids is 1. The van der Waals surface area contributed by atoms with Gasteiger partial charge < -0.3 is 9.47 Å². The maximum Gasteiger partial charge on any atom is 0.297 e. The summed E-state index contributed by atoms with van der Waals surface area (Å²) < 4.78 is 27.0. The molecule has 1 aromatic heterocycles. The van der Waals surface area contributed by atoms with E-state index in [1.54, 1.807) is 27.9 Å². The Kier molecular flexibility index (Phi) is 4.21. The predicted octanol–water partition coefficient (Wildman–Crippen LogP) is 4.56. The highest BCUT2D eigenvalue weighted by Crippen LogP contribution is 2.50. The topological polar surface area (TPSA) is 56.6 Å². The highest BCUT2D eigenvalue weighted by atomic mass is 19.1. The van der Waals surface area contributed by atoms with Crippen molar-refractivity contribution in [2.75, 3.05) is 18.1 Å². The third-order valence-corrected chi connectivity index (χ3v) is 5.75. The summed E-state index contributed by atoms with van der Waals surface area (Å²) in [5.41, 5.74) is 3.98. The molecule has 2 aliphatic heterocycles. The Morgan fingerprint density at radius 2 is 1.53 bits per heavy atom. The Hall–Kier alpha value is -3.81. The fourth-order valence-electron chi connectivity index (χ4n) is 4.30. The second-order valence-corrected chi connectivity index (χ2v) is 7.62. The first-order valence-corrected chi connectivity index (χ1v) is 10.3. The lowest BCUT2D eigenvalue weighted by Crippen LogP contribution is -2.39. The molecular weight excluding hydrogens is 409 g/mol. The minimum Gasteiger partial charge on any atom is -0.336 e. The first-order valence-electron chi connectivity index (χ1n) is 10.3. The number of para-hydroxylation sites is 2. The summed E-state index contributed by atoms with van der Waals surface area (Å²) in [7, 11) is 0. The van der Waals surface area contributed by atoms with Crippen LogP contribution >= 0.6 is 0 Å². The zero-order valence-electron chi connectivity index (χ0n) is 16.9. The van der Waals surface area contributed by atoms with Gasteiger partial charge in [-0.3, -0.25) is 9.69 Å². The van der Waals surface area contributed by atoms with Crippen molar-refractivity contribution in [3.8, 4) is 16.9 Å². The average Bonchev–Trinajstić information content (AvgIpc) is 3.54. The third-order valence-electron chi connectivity index (χ3n) is 5.75. The van der Waals surface area contributed by atoms with Gasteiger partial charge in [-0.15, -0.1) is 0 Å². The van der Waals surface area contributed by atoms with Gasteiger partial charge in [0.2, 0.25) is 0 Å². The number of ether oxygens (including phenoxy) is 2. The van der Waals surface area contributed by atoms with Crippen LogP contribution in [0.15, 0.2) is 85.1 Å². The van der Waals surface area contributed by atoms with Crippen LogP contribution in [-0.2, 0) is 20.1 Å². The average molecular weight is 427 g/mol. The van der Waals surface area contributed by atoms with E-state index in [0.29, 0.717) is 41.4 Å². The summed E-state index contributed by atoms with van der Waals surface area (Å²) >= 11 is 0. The summed E-state index contributed by atoms with van der Waals surface area (Å²) in [4.78, 5) is 15.3. The lowest BCUT2D eigenvalue weighted by molar-refractivity contribution is -0.180. The lowest BCUT2D eigenvalue weighted by atomic mass is 10.1. The van der Waals surface area contributed by atoms with Crippen molar-refractivity contribution in [3.63, 3.8) is 0 Å². The summed E-state index contributed by atoms with van der Waals surface area (Å²) in [6.07, 6.45) is 1.80. The molecule has 1 saturated heterocycles. The first-order chi connectivity index (χ1) is 15.7. The second kappa shape index (κ2) is 7.12. The van der Waals surface area contributed by atoms with Gasteiger partial charge in [-0.1, -0.05) is 36.4 Å². The fourth-order valence-corrected chi connectivity index (χ4v) is 4.30. The number of anilines is 2. The van der Waals surface area contributed by atoms with Gasteiger partial charge in [-0.05, 0) is 42.5 Å². The number of rotatable bonds is 3. The van der Waals surface area contributed by atoms with Gasteiger partial charge in [-0.2, -0.15) is 5.10 Å². The van der Waals surface area contributed by atoms with Crippen LogP contribution < -0.4 is 4.90 Å². The van der Waals surface area contributed by atoms with E-state index in [4.69, 9.17) is 14.6 Å². The fraction of sp³-hybridized carbons (Fsp3) is 0.120. The molecule has 158 valence electrons. The van der Waals surface area contributed by atoms with E-state index in [1.807, 2.05) is 54.6 Å². The third kappa shape index (κ3) is 2.72. The lowest BCUT2D eigenvalue weighted by Gasteiger charge is -2.22. The highest BCUT2D eigenvalue weighted by Gasteiger charge is 2.57. The van der Waals surface area contributed by atoms with Crippen LogP contribution in [0.3, 0.4) is 0 Å². The molecule has 0 N–H and O–H groups in total. The van der Waals surface area contributed by atoms with Crippen LogP contribution in [0.2, 0.25) is 0 Å². The number of hydrogen-bond acceptors (Lipinski definition) is 4. The standard InChI is InChI=1S/C25H18FN3O3/c26-18-12-10-17(11-13-18)23-22(16-28(27-23)19-6-2-1-3-7-19)29-21-9-5-4-8-20(21)25(24(29)30)31-14-15-32-25/h1-13,16H,14-15H2. The van der Waals surface area contributed by atoms with Crippen molar-refractivity contribution < 1.29 is 18.7 Å². The Labute approximate surface area is 183 Å². The van der Waals surface area contributed by atoms with Crippen molar-refractivity contribution >= 4 is 17.3 Å². The molecule has 2 aliphatic rings. The molecule has 7 heteroatoms. The summed E-state index contributed by atoms with van der Waals surface area (Å²) in [6, 6.07) is 23.1. The molecule has 1 spiro atoms. The van der Waals surface area contributed by atoms with E-state index in [1.165, 1.54) is 12.1 Å². The summed E-state index contributed by atoms with van der Waals surface area (Å²) in [6.45, 7) is 0.671. The monoisotopic (exact) mass is 427 g/mol. The van der Waals surface area contributed by atoms with Crippen LogP contribution in [0.1, 0.15) is 5.56 Å². The Morgan fingerprint density at radius 3 is 2.28 bits per heavy atom. The number of nitrogens with zero attached hydrogens (tertiary/aromatic N) is 3. The molecule has 1 fully saturated rings. The maximum atomic E-state index is 13.7. The molecule has 3 heterocycles. The highest BCUT2D eigenvalue weighted by molar-refractivity contribution is 6.13.